The molecule has 0 radical (unpaired) electrons. The molecule has 56 heavy (non-hydrogen) atoms. The van der Waals surface area contributed by atoms with Crippen LogP contribution in [-0.2, 0) is 25.6 Å². The molecule has 2 aromatic carbocycles. The fourth-order valence-corrected chi connectivity index (χ4v) is 7.79. The summed E-state index contributed by atoms with van der Waals surface area (Å²) in [5, 5.41) is 16.6. The van der Waals surface area contributed by atoms with Gasteiger partial charge in [0.2, 0.25) is 0 Å². The first-order chi connectivity index (χ1) is 27.0. The van der Waals surface area contributed by atoms with Gasteiger partial charge in [0, 0.05) is 82.3 Å². The summed E-state index contributed by atoms with van der Waals surface area (Å²) in [6.45, 7) is 0.909. The Balaban J connectivity index is 1.19. The third-order valence-electron chi connectivity index (χ3n) is 10.7. The normalized spacial score (nSPS) is 23.2. The largest absolute Gasteiger partial charge is 0.442 e. The Morgan fingerprint density at radius 3 is 2.52 bits per heavy atom. The van der Waals surface area contributed by atoms with Gasteiger partial charge in [0.1, 0.15) is 35.8 Å². The van der Waals surface area contributed by atoms with Crippen LogP contribution in [0.4, 0.5) is 22.8 Å². The van der Waals surface area contributed by atoms with Gasteiger partial charge in [-0.05, 0) is 42.5 Å². The van der Waals surface area contributed by atoms with Gasteiger partial charge in [0.05, 0.1) is 24.8 Å². The number of aliphatic hydroxyl groups excluding tert-OH is 1. The molecule has 17 heteroatoms. The van der Waals surface area contributed by atoms with Crippen molar-refractivity contribution in [3.63, 3.8) is 0 Å². The highest BCUT2D eigenvalue weighted by Gasteiger charge is 2.45. The Morgan fingerprint density at radius 2 is 1.80 bits per heavy atom. The van der Waals surface area contributed by atoms with Crippen LogP contribution in [0.5, 0.6) is 0 Å². The van der Waals surface area contributed by atoms with E-state index < -0.39 is 65.9 Å². The number of halogens is 3. The van der Waals surface area contributed by atoms with Crippen LogP contribution < -0.4 is 10.6 Å². The molecule has 5 heterocycles. The van der Waals surface area contributed by atoms with Crippen molar-refractivity contribution >= 4 is 23.9 Å². The minimum absolute atomic E-state index is 0.0295. The van der Waals surface area contributed by atoms with E-state index in [0.29, 0.717) is 38.4 Å². The van der Waals surface area contributed by atoms with E-state index in [9.17, 15) is 28.7 Å². The van der Waals surface area contributed by atoms with Crippen molar-refractivity contribution in [1.82, 2.24) is 34.9 Å². The van der Waals surface area contributed by atoms with Gasteiger partial charge in [0.25, 0.3) is 11.8 Å². The fourth-order valence-electron chi connectivity index (χ4n) is 7.79. The quantitative estimate of drug-likeness (QED) is 0.235. The zero-order valence-electron chi connectivity index (χ0n) is 30.6. The summed E-state index contributed by atoms with van der Waals surface area (Å²) in [4.78, 5) is 60.1. The lowest BCUT2D eigenvalue weighted by Crippen LogP contribution is -2.50. The number of hydrogen-bond acceptors (Lipinski definition) is 9. The Labute approximate surface area is 321 Å². The predicted molar refractivity (Wildman–Crippen MR) is 194 cm³/mol. The predicted octanol–water partition coefficient (Wildman–Crippen LogP) is 3.02. The number of benzene rings is 2. The van der Waals surface area contributed by atoms with Crippen molar-refractivity contribution < 1.29 is 46.9 Å². The molecule has 4 aliphatic rings. The van der Waals surface area contributed by atoms with Gasteiger partial charge in [0.15, 0.2) is 0 Å². The van der Waals surface area contributed by atoms with Gasteiger partial charge in [-0.2, -0.15) is 0 Å². The van der Waals surface area contributed by atoms with Gasteiger partial charge in [-0.15, -0.1) is 0 Å². The van der Waals surface area contributed by atoms with Crippen LogP contribution in [0.1, 0.15) is 30.3 Å². The molecule has 14 nitrogen and oxygen atoms in total. The summed E-state index contributed by atoms with van der Waals surface area (Å²) in [6.07, 6.45) is 0.402. The van der Waals surface area contributed by atoms with Gasteiger partial charge in [-0.3, -0.25) is 14.5 Å². The number of imidazole rings is 1. The highest BCUT2D eigenvalue weighted by molar-refractivity contribution is 6.12. The molecule has 5 unspecified atom stereocenters. The summed E-state index contributed by atoms with van der Waals surface area (Å²) in [7, 11) is 0. The van der Waals surface area contributed by atoms with Gasteiger partial charge >= 0.3 is 12.1 Å². The zero-order chi connectivity index (χ0) is 39.3. The van der Waals surface area contributed by atoms with Crippen LogP contribution in [0, 0.1) is 23.5 Å². The van der Waals surface area contributed by atoms with E-state index in [1.165, 1.54) is 4.90 Å². The lowest BCUT2D eigenvalue weighted by atomic mass is 9.89. The molecule has 3 saturated heterocycles. The third kappa shape index (κ3) is 8.74. The Kier molecular flexibility index (Phi) is 12.0. The average molecular weight is 780 g/mol. The maximum Gasteiger partial charge on any atom is 0.407 e. The van der Waals surface area contributed by atoms with Crippen LogP contribution in [0.2, 0.25) is 0 Å². The molecule has 0 saturated carbocycles. The fraction of sp³-hybridized carbons (Fsp3) is 0.462. The molecule has 1 aromatic heterocycles. The molecular weight excluding hydrogens is 735 g/mol. The van der Waals surface area contributed by atoms with E-state index in [1.54, 1.807) is 11.1 Å². The van der Waals surface area contributed by atoms with Crippen LogP contribution in [0.25, 0.3) is 11.3 Å². The van der Waals surface area contributed by atoms with Crippen LogP contribution in [0.3, 0.4) is 0 Å². The number of alkyl halides is 1. The van der Waals surface area contributed by atoms with E-state index >= 15 is 8.78 Å². The highest BCUT2D eigenvalue weighted by Crippen LogP contribution is 2.39. The lowest BCUT2D eigenvalue weighted by Gasteiger charge is -2.41. The van der Waals surface area contributed by atoms with E-state index in [0.717, 1.165) is 40.8 Å². The number of likely N-dealkylation sites (tertiary alicyclic amines) is 1. The van der Waals surface area contributed by atoms with Crippen LogP contribution in [-0.4, -0.2) is 131 Å². The minimum atomic E-state index is -1.26. The van der Waals surface area contributed by atoms with Crippen LogP contribution in [0.15, 0.2) is 66.9 Å². The van der Waals surface area contributed by atoms with E-state index in [-0.39, 0.29) is 63.0 Å². The number of nitrogens with zero attached hydrogens (tertiary/aromatic N) is 5. The number of aromatic nitrogens is 2. The monoisotopic (exact) mass is 779 g/mol. The molecule has 0 spiro atoms. The number of amides is 5. The number of urea groups is 1. The molecule has 0 aliphatic carbocycles. The van der Waals surface area contributed by atoms with Crippen molar-refractivity contribution in [2.45, 2.75) is 43.8 Å². The van der Waals surface area contributed by atoms with E-state index in [1.807, 2.05) is 34.9 Å². The summed E-state index contributed by atoms with van der Waals surface area (Å²) >= 11 is 0. The number of aliphatic hydroxyl groups is 1. The van der Waals surface area contributed by atoms with Gasteiger partial charge in [-0.25, -0.2) is 27.7 Å². The smallest absolute Gasteiger partial charge is 0.407 e. The summed E-state index contributed by atoms with van der Waals surface area (Å²) in [6, 6.07) is 11.3. The minimum Gasteiger partial charge on any atom is -0.442 e. The van der Waals surface area contributed by atoms with Gasteiger partial charge in [-0.1, -0.05) is 30.3 Å². The Bertz CT molecular complexity index is 1920. The summed E-state index contributed by atoms with van der Waals surface area (Å²) in [5.74, 6) is -2.75. The maximum absolute atomic E-state index is 15.4. The molecule has 3 fully saturated rings. The molecular formula is C39H44F3N7O7. The number of β-amino-alcohol motifs (C(OH)–C–C–N with tert-alkyl or cyclic N) is 1. The number of hydrogen-bond donors (Lipinski definition) is 3. The second-order valence-electron chi connectivity index (χ2n) is 14.5. The molecule has 7 rings (SSSR count). The molecule has 5 atom stereocenters. The topological polar surface area (TPSA) is 159 Å². The first-order valence-electron chi connectivity index (χ1n) is 18.8. The maximum atomic E-state index is 15.4. The number of ether oxygens (including phenoxy) is 2. The SMILES string of the molecule is O=C(NCCN1C(=O)C=CC1=O)OC1CN(C(=O)N(CC2CNCC2F)C(c2nc(-c3cc(F)ccc3F)cn2Cc2ccccc2)C2CCOCC2)CC1O. The van der Waals surface area contributed by atoms with Crippen molar-refractivity contribution in [2.24, 2.45) is 11.8 Å². The van der Waals surface area contributed by atoms with Crippen molar-refractivity contribution in [3.05, 3.63) is 89.9 Å². The first-order valence-corrected chi connectivity index (χ1v) is 18.8. The standard InChI is InChI=1S/C39H44F3N7O7/c40-27-6-7-29(41)28(16-27)31-21-46(19-24-4-2-1-3-5-24)37(45-31)36(25-10-14-55-15-11-25)49(20-26-17-43-18-30(26)42)39(54)47-22-32(50)33(23-47)56-38(53)44-12-13-48-34(51)8-9-35(48)52/h1-9,16,21,25-26,30,32-33,36,43,50H,10-15,17-20,22-23H2,(H,44,53). The molecule has 5 amide bonds. The average Bonchev–Trinajstić information content (AvgIpc) is 3.97. The molecule has 3 aromatic rings. The molecule has 0 bridgehead atoms. The van der Waals surface area contributed by atoms with Crippen molar-refractivity contribution in [2.75, 3.05) is 59.0 Å². The second-order valence-corrected chi connectivity index (χ2v) is 14.5. The van der Waals surface area contributed by atoms with Gasteiger partial charge < -0.3 is 39.6 Å². The van der Waals surface area contributed by atoms with Crippen LogP contribution >= 0.6 is 0 Å². The molecule has 298 valence electrons. The zero-order valence-corrected chi connectivity index (χ0v) is 30.6. The lowest BCUT2D eigenvalue weighted by molar-refractivity contribution is -0.136. The van der Waals surface area contributed by atoms with Crippen molar-refractivity contribution in [3.8, 4) is 11.3 Å². The highest BCUT2D eigenvalue weighted by atomic mass is 19.1. The third-order valence-corrected chi connectivity index (χ3v) is 10.7. The second kappa shape index (κ2) is 17.3. The van der Waals surface area contributed by atoms with E-state index in [4.69, 9.17) is 14.5 Å². The number of nitrogens with one attached hydrogen (secondary N) is 2. The molecule has 4 aliphatic heterocycles. The Hall–Kier alpha value is -5.26. The Morgan fingerprint density at radius 1 is 1.05 bits per heavy atom. The number of rotatable bonds is 12. The summed E-state index contributed by atoms with van der Waals surface area (Å²) in [5.41, 5.74) is 0.997. The number of imide groups is 1. The number of carbonyl (C=O) groups is 4. The number of carbonyl (C=O) groups excluding carboxylic acids is 4. The summed E-state index contributed by atoms with van der Waals surface area (Å²) < 4.78 is 58.2. The first kappa shape index (κ1) is 39.0. The number of alkyl carbamates (subject to hydrolysis) is 1. The van der Waals surface area contributed by atoms with Crippen molar-refractivity contribution in [1.29, 1.82) is 0 Å². The van der Waals surface area contributed by atoms with E-state index in [2.05, 4.69) is 10.6 Å². The molecule has 3 N–H and O–H groups in total.